The number of aromatic nitrogens is 1. The van der Waals surface area contributed by atoms with Gasteiger partial charge in [-0.3, -0.25) is 4.79 Å². The first-order valence-electron chi connectivity index (χ1n) is 8.60. The number of nitrogens with zero attached hydrogens (tertiary/aromatic N) is 1. The van der Waals surface area contributed by atoms with Crippen LogP contribution in [0.1, 0.15) is 26.3 Å². The van der Waals surface area contributed by atoms with Gasteiger partial charge in [0.25, 0.3) is 0 Å². The lowest BCUT2D eigenvalue weighted by Crippen LogP contribution is -2.03. The molecule has 0 atom stereocenters. The molecular weight excluding hydrogens is 435 g/mol. The van der Waals surface area contributed by atoms with Crippen LogP contribution in [0.3, 0.4) is 0 Å². The Morgan fingerprint density at radius 3 is 2.27 bits per heavy atom. The molecule has 0 bridgehead atoms. The SMILES string of the molecule is O=C(O)c1ccc(-n2cc(C(=O)c3c(Cl)cccc3Cl)c3ccc(F)cc32)c(F)c1. The summed E-state index contributed by atoms with van der Waals surface area (Å²) in [4.78, 5) is 24.3. The van der Waals surface area contributed by atoms with Crippen molar-refractivity contribution in [2.24, 2.45) is 0 Å². The Hall–Kier alpha value is -3.22. The second kappa shape index (κ2) is 7.55. The number of halogens is 4. The van der Waals surface area contributed by atoms with Crippen molar-refractivity contribution in [1.29, 1.82) is 0 Å². The summed E-state index contributed by atoms with van der Waals surface area (Å²) in [7, 11) is 0. The number of aromatic carboxylic acids is 1. The smallest absolute Gasteiger partial charge is 0.335 e. The highest BCUT2D eigenvalue weighted by Crippen LogP contribution is 2.33. The van der Waals surface area contributed by atoms with Gasteiger partial charge >= 0.3 is 5.97 Å². The van der Waals surface area contributed by atoms with Crippen LogP contribution in [-0.2, 0) is 0 Å². The van der Waals surface area contributed by atoms with Crippen LogP contribution in [0.15, 0.2) is 60.8 Å². The van der Waals surface area contributed by atoms with Crippen LogP contribution >= 0.6 is 23.2 Å². The minimum absolute atomic E-state index is 0.0418. The van der Waals surface area contributed by atoms with Gasteiger partial charge < -0.3 is 9.67 Å². The first-order valence-corrected chi connectivity index (χ1v) is 9.36. The second-order valence-corrected chi connectivity index (χ2v) is 7.29. The van der Waals surface area contributed by atoms with Gasteiger partial charge in [-0.05, 0) is 48.5 Å². The van der Waals surface area contributed by atoms with Crippen LogP contribution in [0.5, 0.6) is 0 Å². The topological polar surface area (TPSA) is 59.3 Å². The molecule has 0 aliphatic rings. The largest absolute Gasteiger partial charge is 0.478 e. The zero-order chi connectivity index (χ0) is 21.6. The number of carboxylic acid groups (broad SMARTS) is 1. The van der Waals surface area contributed by atoms with Crippen LogP contribution < -0.4 is 0 Å². The van der Waals surface area contributed by atoms with Crippen molar-refractivity contribution < 1.29 is 23.5 Å². The van der Waals surface area contributed by atoms with Crippen molar-refractivity contribution in [2.75, 3.05) is 0 Å². The number of fused-ring (bicyclic) bond motifs is 1. The van der Waals surface area contributed by atoms with Crippen LogP contribution in [0.4, 0.5) is 8.78 Å². The van der Waals surface area contributed by atoms with E-state index in [4.69, 9.17) is 28.3 Å². The quantitative estimate of drug-likeness (QED) is 0.383. The summed E-state index contributed by atoms with van der Waals surface area (Å²) in [5.41, 5.74) is 0.161. The number of benzene rings is 3. The van der Waals surface area contributed by atoms with Crippen LogP contribution in [0.25, 0.3) is 16.6 Å². The van der Waals surface area contributed by atoms with Gasteiger partial charge in [0.05, 0.1) is 32.4 Å². The molecule has 4 rings (SSSR count). The molecule has 30 heavy (non-hydrogen) atoms. The lowest BCUT2D eigenvalue weighted by atomic mass is 10.0. The Kier molecular flexibility index (Phi) is 5.05. The summed E-state index contributed by atoms with van der Waals surface area (Å²) < 4.78 is 29.9. The van der Waals surface area contributed by atoms with Gasteiger partial charge in [0, 0.05) is 17.1 Å². The number of carboxylic acids is 1. The molecule has 0 amide bonds. The molecule has 4 nitrogen and oxygen atoms in total. The van der Waals surface area contributed by atoms with Gasteiger partial charge in [0.1, 0.15) is 11.6 Å². The van der Waals surface area contributed by atoms with E-state index in [0.717, 1.165) is 12.1 Å². The zero-order valence-corrected chi connectivity index (χ0v) is 16.5. The first kappa shape index (κ1) is 20.1. The Bertz CT molecular complexity index is 1330. The van der Waals surface area contributed by atoms with Gasteiger partial charge in [-0.1, -0.05) is 29.3 Å². The molecule has 0 aliphatic carbocycles. The molecule has 0 spiro atoms. The molecule has 0 aliphatic heterocycles. The summed E-state index contributed by atoms with van der Waals surface area (Å²) in [5.74, 6) is -3.22. The molecule has 8 heteroatoms. The van der Waals surface area contributed by atoms with E-state index in [1.165, 1.54) is 47.2 Å². The minimum atomic E-state index is -1.28. The fraction of sp³-hybridized carbons (Fsp3) is 0. The van der Waals surface area contributed by atoms with Crippen molar-refractivity contribution in [3.05, 3.63) is 99.2 Å². The summed E-state index contributed by atoms with van der Waals surface area (Å²) in [6.45, 7) is 0. The normalized spacial score (nSPS) is 11.1. The molecule has 150 valence electrons. The average Bonchev–Trinajstić information content (AvgIpc) is 3.06. The number of rotatable bonds is 4. The molecule has 3 aromatic carbocycles. The maximum absolute atomic E-state index is 14.7. The van der Waals surface area contributed by atoms with Crippen molar-refractivity contribution >= 4 is 45.9 Å². The third-order valence-corrected chi connectivity index (χ3v) is 5.29. The summed E-state index contributed by atoms with van der Waals surface area (Å²) in [5, 5.41) is 9.69. The molecule has 0 fully saturated rings. The van der Waals surface area contributed by atoms with E-state index < -0.39 is 23.4 Å². The van der Waals surface area contributed by atoms with Gasteiger partial charge in [-0.2, -0.15) is 0 Å². The predicted molar refractivity (Wildman–Crippen MR) is 110 cm³/mol. The number of carbonyl (C=O) groups excluding carboxylic acids is 1. The fourth-order valence-corrected chi connectivity index (χ4v) is 3.83. The summed E-state index contributed by atoms with van der Waals surface area (Å²) >= 11 is 12.3. The molecule has 0 saturated carbocycles. The van der Waals surface area contributed by atoms with Gasteiger partial charge in [-0.25, -0.2) is 13.6 Å². The van der Waals surface area contributed by atoms with Gasteiger partial charge in [0.2, 0.25) is 0 Å². The average molecular weight is 446 g/mol. The van der Waals surface area contributed by atoms with Crippen LogP contribution in [0, 0.1) is 11.6 Å². The third kappa shape index (κ3) is 3.34. The monoisotopic (exact) mass is 445 g/mol. The van der Waals surface area contributed by atoms with E-state index in [-0.39, 0.29) is 37.9 Å². The molecule has 4 aromatic rings. The fourth-order valence-electron chi connectivity index (χ4n) is 3.27. The molecule has 0 unspecified atom stereocenters. The van der Waals surface area contributed by atoms with E-state index >= 15 is 0 Å². The maximum Gasteiger partial charge on any atom is 0.335 e. The molecule has 1 N–H and O–H groups in total. The van der Waals surface area contributed by atoms with E-state index in [9.17, 15) is 18.4 Å². The highest BCUT2D eigenvalue weighted by Gasteiger charge is 2.23. The predicted octanol–water partition coefficient (Wildman–Crippen LogP) is 6.14. The Labute approximate surface area is 178 Å². The van der Waals surface area contributed by atoms with Crippen molar-refractivity contribution in [2.45, 2.75) is 0 Å². The van der Waals surface area contributed by atoms with E-state index in [1.54, 1.807) is 6.07 Å². The highest BCUT2D eigenvalue weighted by molar-refractivity contribution is 6.41. The molecular formula is C22H11Cl2F2NO3. The number of hydrogen-bond acceptors (Lipinski definition) is 2. The van der Waals surface area contributed by atoms with Crippen molar-refractivity contribution in [3.63, 3.8) is 0 Å². The van der Waals surface area contributed by atoms with Crippen molar-refractivity contribution in [1.82, 2.24) is 4.57 Å². The van der Waals surface area contributed by atoms with E-state index in [2.05, 4.69) is 0 Å². The Morgan fingerprint density at radius 2 is 1.63 bits per heavy atom. The summed E-state index contributed by atoms with van der Waals surface area (Å²) in [6, 6.07) is 11.7. The lowest BCUT2D eigenvalue weighted by Gasteiger charge is -2.07. The number of carbonyl (C=O) groups is 2. The van der Waals surface area contributed by atoms with Crippen LogP contribution in [-0.4, -0.2) is 21.4 Å². The van der Waals surface area contributed by atoms with Crippen molar-refractivity contribution in [3.8, 4) is 5.69 Å². The second-order valence-electron chi connectivity index (χ2n) is 6.47. The van der Waals surface area contributed by atoms with Gasteiger partial charge in [0.15, 0.2) is 5.78 Å². The lowest BCUT2D eigenvalue weighted by molar-refractivity contribution is 0.0696. The number of hydrogen-bond donors (Lipinski definition) is 1. The molecule has 0 saturated heterocycles. The highest BCUT2D eigenvalue weighted by atomic mass is 35.5. The molecule has 1 heterocycles. The standard InChI is InChI=1S/C22H11Cl2F2NO3/c23-15-2-1-3-16(24)20(15)21(28)14-10-27(19-9-12(25)5-6-13(14)19)18-7-4-11(22(29)30)8-17(18)26/h1-10H,(H,29,30). The molecule has 0 radical (unpaired) electrons. The van der Waals surface area contributed by atoms with Gasteiger partial charge in [-0.15, -0.1) is 0 Å². The first-order chi connectivity index (χ1) is 14.3. The summed E-state index contributed by atoms with van der Waals surface area (Å²) in [6.07, 6.45) is 1.35. The van der Waals surface area contributed by atoms with E-state index in [0.29, 0.717) is 5.39 Å². The number of ketones is 1. The maximum atomic E-state index is 14.7. The Balaban J connectivity index is 1.97. The van der Waals surface area contributed by atoms with E-state index in [1.807, 2.05) is 0 Å². The molecule has 1 aromatic heterocycles. The minimum Gasteiger partial charge on any atom is -0.478 e. The Morgan fingerprint density at radius 1 is 0.933 bits per heavy atom. The third-order valence-electron chi connectivity index (χ3n) is 4.66. The zero-order valence-electron chi connectivity index (χ0n) is 15.0. The van der Waals surface area contributed by atoms with Crippen LogP contribution in [0.2, 0.25) is 10.0 Å².